The summed E-state index contributed by atoms with van der Waals surface area (Å²) in [6, 6.07) is 11.9. The molecule has 1 aliphatic rings. The Morgan fingerprint density at radius 3 is 2.78 bits per heavy atom. The lowest BCUT2D eigenvalue weighted by Gasteiger charge is -2.26. The molecule has 0 radical (unpaired) electrons. The Kier molecular flexibility index (Phi) is 6.28. The molecule has 0 unspecified atom stereocenters. The largest absolute Gasteiger partial charge is 0.492 e. The number of ether oxygens (including phenoxy) is 2. The maximum atomic E-state index is 9.53. The quantitative estimate of drug-likeness (QED) is 0.846. The van der Waals surface area contributed by atoms with E-state index in [0.29, 0.717) is 12.2 Å². The van der Waals surface area contributed by atoms with Crippen LogP contribution in [0.3, 0.4) is 0 Å². The minimum atomic E-state index is 0.228. The van der Waals surface area contributed by atoms with Crippen LogP contribution in [0.15, 0.2) is 30.3 Å². The van der Waals surface area contributed by atoms with Gasteiger partial charge in [-0.25, -0.2) is 4.98 Å². The Morgan fingerprint density at radius 2 is 2.07 bits per heavy atom. The van der Waals surface area contributed by atoms with E-state index in [1.165, 1.54) is 0 Å². The number of nitrogen functional groups attached to an aromatic ring is 1. The molecule has 3 rings (SSSR count). The Labute approximate surface area is 160 Å². The zero-order chi connectivity index (χ0) is 19.2. The lowest BCUT2D eigenvalue weighted by atomic mass is 9.97. The topological polar surface area (TPSA) is 84.4 Å². The summed E-state index contributed by atoms with van der Waals surface area (Å²) in [7, 11) is 0. The number of hydrogen-bond donors (Lipinski definition) is 1. The molecular weight excluding hydrogens is 340 g/mol. The van der Waals surface area contributed by atoms with Crippen molar-refractivity contribution in [2.45, 2.75) is 19.8 Å². The van der Waals surface area contributed by atoms with Gasteiger partial charge < -0.3 is 15.2 Å². The molecule has 2 aromatic rings. The first-order valence-corrected chi connectivity index (χ1v) is 9.32. The lowest BCUT2D eigenvalue weighted by molar-refractivity contribution is 0.0322. The molecule has 1 aromatic carbocycles. The van der Waals surface area contributed by atoms with Crippen molar-refractivity contribution in [1.82, 2.24) is 9.88 Å². The summed E-state index contributed by atoms with van der Waals surface area (Å²) in [5.41, 5.74) is 9.02. The van der Waals surface area contributed by atoms with Crippen LogP contribution >= 0.6 is 0 Å². The van der Waals surface area contributed by atoms with Crippen LogP contribution in [0, 0.1) is 11.3 Å². The molecule has 0 saturated carbocycles. The van der Waals surface area contributed by atoms with E-state index in [1.807, 2.05) is 30.3 Å². The maximum absolute atomic E-state index is 9.53. The van der Waals surface area contributed by atoms with Gasteiger partial charge in [-0.2, -0.15) is 5.26 Å². The first-order chi connectivity index (χ1) is 13.1. The monoisotopic (exact) mass is 366 g/mol. The first-order valence-electron chi connectivity index (χ1n) is 9.32. The average molecular weight is 366 g/mol. The summed E-state index contributed by atoms with van der Waals surface area (Å²) in [5.74, 6) is 1.29. The number of rotatable bonds is 6. The Morgan fingerprint density at radius 1 is 1.30 bits per heavy atom. The molecular formula is C21H26N4O2. The molecule has 0 spiro atoms. The molecule has 0 aliphatic carbocycles. The molecule has 2 heterocycles. The molecule has 6 nitrogen and oxygen atoms in total. The molecule has 0 atom stereocenters. The number of nitrogens with zero attached hydrogens (tertiary/aromatic N) is 3. The third-order valence-corrected chi connectivity index (χ3v) is 4.70. The van der Waals surface area contributed by atoms with E-state index < -0.39 is 0 Å². The Bertz CT molecular complexity index is 823. The Hall–Kier alpha value is -2.62. The molecule has 0 amide bonds. The van der Waals surface area contributed by atoms with Gasteiger partial charge in [-0.05, 0) is 29.7 Å². The second-order valence-electron chi connectivity index (χ2n) is 6.95. The standard InChI is InChI=1S/C21H26N4O2/c1-15(2)20-13-18(19(14-22)21(23)24-20)16-4-3-5-17(12-16)27-11-8-25-6-9-26-10-7-25/h3-5,12-13,15H,6-11H2,1-2H3,(H2,23,24). The van der Waals surface area contributed by atoms with Crippen molar-refractivity contribution in [3.63, 3.8) is 0 Å². The number of nitriles is 1. The summed E-state index contributed by atoms with van der Waals surface area (Å²) in [6.07, 6.45) is 0. The van der Waals surface area contributed by atoms with Gasteiger partial charge in [0.2, 0.25) is 0 Å². The summed E-state index contributed by atoms with van der Waals surface area (Å²) in [5, 5.41) is 9.53. The number of aromatic nitrogens is 1. The van der Waals surface area contributed by atoms with Crippen molar-refractivity contribution >= 4 is 5.82 Å². The van der Waals surface area contributed by atoms with Gasteiger partial charge >= 0.3 is 0 Å². The van der Waals surface area contributed by atoms with Crippen LogP contribution in [-0.2, 0) is 4.74 Å². The van der Waals surface area contributed by atoms with E-state index >= 15 is 0 Å². The van der Waals surface area contributed by atoms with Crippen molar-refractivity contribution in [1.29, 1.82) is 5.26 Å². The molecule has 6 heteroatoms. The highest BCUT2D eigenvalue weighted by atomic mass is 16.5. The maximum Gasteiger partial charge on any atom is 0.142 e. The molecule has 142 valence electrons. The van der Waals surface area contributed by atoms with Crippen molar-refractivity contribution in [3.8, 4) is 22.9 Å². The van der Waals surface area contributed by atoms with Gasteiger partial charge in [0.25, 0.3) is 0 Å². The van der Waals surface area contributed by atoms with Crippen molar-refractivity contribution in [3.05, 3.63) is 41.6 Å². The van der Waals surface area contributed by atoms with E-state index in [0.717, 1.165) is 55.4 Å². The van der Waals surface area contributed by atoms with Gasteiger partial charge in [-0.3, -0.25) is 4.90 Å². The second-order valence-corrected chi connectivity index (χ2v) is 6.95. The van der Waals surface area contributed by atoms with Crippen LogP contribution in [0.2, 0.25) is 0 Å². The van der Waals surface area contributed by atoms with Gasteiger partial charge in [0.05, 0.1) is 13.2 Å². The van der Waals surface area contributed by atoms with E-state index in [-0.39, 0.29) is 11.7 Å². The minimum Gasteiger partial charge on any atom is -0.492 e. The van der Waals surface area contributed by atoms with Crippen molar-refractivity contribution < 1.29 is 9.47 Å². The molecule has 1 aliphatic heterocycles. The van der Waals surface area contributed by atoms with E-state index in [4.69, 9.17) is 15.2 Å². The van der Waals surface area contributed by atoms with Gasteiger partial charge in [-0.15, -0.1) is 0 Å². The fraction of sp³-hybridized carbons (Fsp3) is 0.429. The lowest BCUT2D eigenvalue weighted by Crippen LogP contribution is -2.38. The second kappa shape index (κ2) is 8.85. The van der Waals surface area contributed by atoms with Crippen LogP contribution in [0.1, 0.15) is 31.0 Å². The summed E-state index contributed by atoms with van der Waals surface area (Å²) >= 11 is 0. The number of hydrogen-bond acceptors (Lipinski definition) is 6. The van der Waals surface area contributed by atoms with E-state index in [9.17, 15) is 5.26 Å². The fourth-order valence-corrected chi connectivity index (χ4v) is 3.10. The number of morpholine rings is 1. The zero-order valence-electron chi connectivity index (χ0n) is 15.9. The number of pyridine rings is 1. The van der Waals surface area contributed by atoms with Crippen LogP contribution in [-0.4, -0.2) is 49.3 Å². The van der Waals surface area contributed by atoms with Crippen LogP contribution in [0.5, 0.6) is 5.75 Å². The van der Waals surface area contributed by atoms with E-state index in [2.05, 4.69) is 29.8 Å². The SMILES string of the molecule is CC(C)c1cc(-c2cccc(OCCN3CCOCC3)c2)c(C#N)c(N)n1. The van der Waals surface area contributed by atoms with Crippen LogP contribution in [0.4, 0.5) is 5.82 Å². The highest BCUT2D eigenvalue weighted by Crippen LogP contribution is 2.31. The smallest absolute Gasteiger partial charge is 0.142 e. The summed E-state index contributed by atoms with van der Waals surface area (Å²) in [4.78, 5) is 6.69. The van der Waals surface area contributed by atoms with Gasteiger partial charge in [0.1, 0.15) is 29.8 Å². The third-order valence-electron chi connectivity index (χ3n) is 4.70. The average Bonchev–Trinajstić information content (AvgIpc) is 2.68. The van der Waals surface area contributed by atoms with Gasteiger partial charge in [-0.1, -0.05) is 26.0 Å². The fourth-order valence-electron chi connectivity index (χ4n) is 3.10. The van der Waals surface area contributed by atoms with Crippen molar-refractivity contribution in [2.24, 2.45) is 0 Å². The molecule has 27 heavy (non-hydrogen) atoms. The highest BCUT2D eigenvalue weighted by Gasteiger charge is 2.15. The predicted octanol–water partition coefficient (Wildman–Crippen LogP) is 3.04. The highest BCUT2D eigenvalue weighted by molar-refractivity contribution is 5.76. The normalized spacial score (nSPS) is 14.9. The predicted molar refractivity (Wildman–Crippen MR) is 106 cm³/mol. The number of anilines is 1. The molecule has 1 aromatic heterocycles. The first kappa shape index (κ1) is 19.2. The Balaban J connectivity index is 1.77. The molecule has 1 saturated heterocycles. The van der Waals surface area contributed by atoms with Crippen molar-refractivity contribution in [2.75, 3.05) is 45.2 Å². The third kappa shape index (κ3) is 4.76. The molecule has 1 fully saturated rings. The number of nitrogens with two attached hydrogens (primary N) is 1. The minimum absolute atomic E-state index is 0.228. The summed E-state index contributed by atoms with van der Waals surface area (Å²) in [6.45, 7) is 9.07. The summed E-state index contributed by atoms with van der Waals surface area (Å²) < 4.78 is 11.3. The van der Waals surface area contributed by atoms with E-state index in [1.54, 1.807) is 0 Å². The zero-order valence-corrected chi connectivity index (χ0v) is 15.9. The van der Waals surface area contributed by atoms with Crippen LogP contribution in [0.25, 0.3) is 11.1 Å². The van der Waals surface area contributed by atoms with Gasteiger partial charge in [0, 0.05) is 30.9 Å². The molecule has 0 bridgehead atoms. The number of benzene rings is 1. The van der Waals surface area contributed by atoms with Gasteiger partial charge in [0.15, 0.2) is 0 Å². The van der Waals surface area contributed by atoms with Crippen LogP contribution < -0.4 is 10.5 Å². The molecule has 2 N–H and O–H groups in total.